The number of carbonyl (C=O) groups is 4. The molecule has 11 heteroatoms. The highest BCUT2D eigenvalue weighted by Crippen LogP contribution is 2.59. The SMILES string of the molecule is C=CCCC(=O)N[C@@H](C)[C@H](OC(=O)[C@@H]1[C@@H]2CC[C@]3(O2)[C@H](C(=O)N(CC=C)c2ccc(Cl)cc2)N(CCCCCO)C(=O)[C@@H]13)c1ccccc1. The molecule has 1 spiro atoms. The Morgan fingerprint density at radius 2 is 1.86 bits per heavy atom. The molecule has 0 unspecified atom stereocenters. The van der Waals surface area contributed by atoms with Crippen LogP contribution in [0.3, 0.4) is 0 Å². The number of aliphatic hydroxyl groups is 1. The lowest BCUT2D eigenvalue weighted by molar-refractivity contribution is -0.162. The summed E-state index contributed by atoms with van der Waals surface area (Å²) in [5.41, 5.74) is 0.0728. The Morgan fingerprint density at radius 3 is 2.53 bits per heavy atom. The van der Waals surface area contributed by atoms with Crippen molar-refractivity contribution in [3.8, 4) is 0 Å². The first-order valence-electron chi connectivity index (χ1n) is 17.1. The fourth-order valence-corrected chi connectivity index (χ4v) is 7.80. The number of nitrogens with one attached hydrogen (secondary N) is 1. The monoisotopic (exact) mass is 691 g/mol. The smallest absolute Gasteiger partial charge is 0.313 e. The second kappa shape index (κ2) is 16.1. The van der Waals surface area contributed by atoms with Crippen LogP contribution in [0.1, 0.15) is 63.5 Å². The molecular weight excluding hydrogens is 646 g/mol. The fourth-order valence-electron chi connectivity index (χ4n) is 7.67. The van der Waals surface area contributed by atoms with E-state index in [1.54, 1.807) is 53.1 Å². The average molecular weight is 692 g/mol. The molecule has 5 rings (SSSR count). The van der Waals surface area contributed by atoms with E-state index >= 15 is 0 Å². The summed E-state index contributed by atoms with van der Waals surface area (Å²) in [5, 5.41) is 12.8. The van der Waals surface area contributed by atoms with Gasteiger partial charge in [0, 0.05) is 36.8 Å². The van der Waals surface area contributed by atoms with Crippen molar-refractivity contribution >= 4 is 41.0 Å². The lowest BCUT2D eigenvalue weighted by Crippen LogP contribution is -2.56. The molecular formula is C38H46ClN3O7. The van der Waals surface area contributed by atoms with Gasteiger partial charge in [0.1, 0.15) is 17.7 Å². The van der Waals surface area contributed by atoms with Crippen molar-refractivity contribution in [1.29, 1.82) is 0 Å². The van der Waals surface area contributed by atoms with Crippen LogP contribution >= 0.6 is 11.6 Å². The Bertz CT molecular complexity index is 1520. The molecule has 2 N–H and O–H groups in total. The number of allylic oxidation sites excluding steroid dienone is 1. The molecule has 262 valence electrons. The number of esters is 1. The van der Waals surface area contributed by atoms with E-state index in [2.05, 4.69) is 18.5 Å². The van der Waals surface area contributed by atoms with Crippen molar-refractivity contribution in [2.45, 2.75) is 81.8 Å². The molecule has 49 heavy (non-hydrogen) atoms. The first kappa shape index (κ1) is 36.3. The average Bonchev–Trinajstić information content (AvgIpc) is 3.74. The molecule has 10 nitrogen and oxygen atoms in total. The molecule has 2 aromatic carbocycles. The molecule has 3 saturated heterocycles. The maximum Gasteiger partial charge on any atom is 0.313 e. The maximum absolute atomic E-state index is 14.7. The van der Waals surface area contributed by atoms with Crippen LogP contribution in [0.15, 0.2) is 79.9 Å². The van der Waals surface area contributed by atoms with Crippen LogP contribution in [0, 0.1) is 11.8 Å². The molecule has 3 heterocycles. The van der Waals surface area contributed by atoms with E-state index in [0.29, 0.717) is 54.8 Å². The van der Waals surface area contributed by atoms with Crippen molar-refractivity contribution in [2.75, 3.05) is 24.6 Å². The van der Waals surface area contributed by atoms with E-state index < -0.39 is 47.7 Å². The van der Waals surface area contributed by atoms with Crippen LogP contribution in [-0.2, 0) is 28.7 Å². The van der Waals surface area contributed by atoms with Crippen molar-refractivity contribution in [3.05, 3.63) is 90.5 Å². The van der Waals surface area contributed by atoms with Crippen LogP contribution in [0.2, 0.25) is 5.02 Å². The number of hydrogen-bond acceptors (Lipinski definition) is 7. The van der Waals surface area contributed by atoms with Gasteiger partial charge in [-0.15, -0.1) is 13.2 Å². The molecule has 3 aliphatic heterocycles. The number of aliphatic hydroxyl groups excluding tert-OH is 1. The second-order valence-electron chi connectivity index (χ2n) is 13.0. The van der Waals surface area contributed by atoms with Gasteiger partial charge >= 0.3 is 5.97 Å². The number of unbranched alkanes of at least 4 members (excludes halogenated alkanes) is 2. The second-order valence-corrected chi connectivity index (χ2v) is 13.5. The maximum atomic E-state index is 14.7. The lowest BCUT2D eigenvalue weighted by atomic mass is 9.70. The molecule has 0 radical (unpaired) electrons. The molecule has 3 fully saturated rings. The number of rotatable bonds is 17. The third-order valence-corrected chi connectivity index (χ3v) is 10.1. The van der Waals surface area contributed by atoms with Gasteiger partial charge in [0.2, 0.25) is 11.8 Å². The van der Waals surface area contributed by atoms with E-state index in [1.165, 1.54) is 0 Å². The summed E-state index contributed by atoms with van der Waals surface area (Å²) in [6.07, 6.45) is 5.34. The predicted octanol–water partition coefficient (Wildman–Crippen LogP) is 5.15. The summed E-state index contributed by atoms with van der Waals surface area (Å²) in [7, 11) is 0. The van der Waals surface area contributed by atoms with Gasteiger partial charge in [0.25, 0.3) is 5.91 Å². The Morgan fingerprint density at radius 1 is 1.12 bits per heavy atom. The molecule has 3 aliphatic rings. The first-order chi connectivity index (χ1) is 23.7. The predicted molar refractivity (Wildman–Crippen MR) is 187 cm³/mol. The third-order valence-electron chi connectivity index (χ3n) is 9.87. The van der Waals surface area contributed by atoms with Crippen LogP contribution in [0.25, 0.3) is 0 Å². The number of fused-ring (bicyclic) bond motifs is 1. The Balaban J connectivity index is 1.46. The molecule has 0 aromatic heterocycles. The van der Waals surface area contributed by atoms with E-state index in [-0.39, 0.29) is 43.8 Å². The standard InChI is InChI=1S/C38H46ClN3O7/c1-4-6-15-30(44)40-25(3)33(26-13-9-7-10-14-26)48-37(47)31-29-20-21-38(49-29)32(31)35(45)42(23-11-8-12-24-43)34(38)36(46)41(22-5-2)28-18-16-27(39)17-19-28/h4-5,7,9-10,13-14,16-19,25,29,31-34,43H,1-2,6,8,11-12,15,20-24H2,3H3,(H,40,44)/t25-,29-,31+,32+,33-,34-,38+/m0/s1. The van der Waals surface area contributed by atoms with Gasteiger partial charge < -0.3 is 29.7 Å². The highest BCUT2D eigenvalue weighted by molar-refractivity contribution is 6.30. The number of nitrogens with zero attached hydrogens (tertiary/aromatic N) is 2. The number of halogens is 1. The molecule has 0 aliphatic carbocycles. The molecule has 7 atom stereocenters. The van der Waals surface area contributed by atoms with Gasteiger partial charge in [-0.2, -0.15) is 0 Å². The Kier molecular flexibility index (Phi) is 12.0. The number of likely N-dealkylation sites (tertiary alicyclic amines) is 1. The zero-order valence-electron chi connectivity index (χ0n) is 28.0. The van der Waals surface area contributed by atoms with E-state index in [9.17, 15) is 24.3 Å². The van der Waals surface area contributed by atoms with Gasteiger partial charge in [-0.3, -0.25) is 19.2 Å². The summed E-state index contributed by atoms with van der Waals surface area (Å²) in [6.45, 7) is 9.80. The number of hydrogen-bond donors (Lipinski definition) is 2. The van der Waals surface area contributed by atoms with Crippen molar-refractivity contribution in [2.24, 2.45) is 11.8 Å². The summed E-state index contributed by atoms with van der Waals surface area (Å²) < 4.78 is 12.9. The van der Waals surface area contributed by atoms with Crippen molar-refractivity contribution < 1.29 is 33.8 Å². The van der Waals surface area contributed by atoms with Crippen molar-refractivity contribution in [3.63, 3.8) is 0 Å². The Labute approximate surface area is 293 Å². The fraction of sp³-hybridized carbons (Fsp3) is 0.474. The number of carbonyl (C=O) groups excluding carboxylic acids is 4. The number of ether oxygens (including phenoxy) is 2. The van der Waals surface area contributed by atoms with Crippen LogP contribution < -0.4 is 10.2 Å². The molecule has 2 aromatic rings. The summed E-state index contributed by atoms with van der Waals surface area (Å²) >= 11 is 6.15. The van der Waals surface area contributed by atoms with Gasteiger partial charge in [0.05, 0.1) is 24.0 Å². The van der Waals surface area contributed by atoms with Crippen LogP contribution in [0.5, 0.6) is 0 Å². The van der Waals surface area contributed by atoms with Gasteiger partial charge in [-0.25, -0.2) is 0 Å². The highest BCUT2D eigenvalue weighted by Gasteiger charge is 2.75. The summed E-state index contributed by atoms with van der Waals surface area (Å²) in [6, 6.07) is 14.5. The first-order valence-corrected chi connectivity index (χ1v) is 17.5. The summed E-state index contributed by atoms with van der Waals surface area (Å²) in [5.74, 6) is -3.29. The quantitative estimate of drug-likeness (QED) is 0.134. The minimum atomic E-state index is -1.22. The summed E-state index contributed by atoms with van der Waals surface area (Å²) in [4.78, 5) is 59.2. The third kappa shape index (κ3) is 7.46. The Hall–Kier alpha value is -3.99. The van der Waals surface area contributed by atoms with E-state index in [0.717, 1.165) is 0 Å². The normalized spacial score (nSPS) is 25.0. The number of anilines is 1. The zero-order valence-corrected chi connectivity index (χ0v) is 28.7. The van der Waals surface area contributed by atoms with Gasteiger partial charge in [0.15, 0.2) is 0 Å². The zero-order chi connectivity index (χ0) is 35.1. The van der Waals surface area contributed by atoms with Crippen molar-refractivity contribution in [1.82, 2.24) is 10.2 Å². The van der Waals surface area contributed by atoms with Crippen LogP contribution in [-0.4, -0.2) is 77.2 Å². The minimum absolute atomic E-state index is 0.0287. The lowest BCUT2D eigenvalue weighted by Gasteiger charge is -2.37. The number of benzene rings is 2. The topological polar surface area (TPSA) is 125 Å². The molecule has 2 bridgehead atoms. The van der Waals surface area contributed by atoms with E-state index in [1.807, 2.05) is 30.3 Å². The van der Waals surface area contributed by atoms with Gasteiger partial charge in [-0.1, -0.05) is 54.1 Å². The largest absolute Gasteiger partial charge is 0.455 e. The van der Waals surface area contributed by atoms with E-state index in [4.69, 9.17) is 21.1 Å². The molecule has 0 saturated carbocycles. The highest BCUT2D eigenvalue weighted by atomic mass is 35.5. The number of amides is 3. The minimum Gasteiger partial charge on any atom is -0.455 e. The van der Waals surface area contributed by atoms with Crippen LogP contribution in [0.4, 0.5) is 5.69 Å². The van der Waals surface area contributed by atoms with Gasteiger partial charge in [-0.05, 0) is 75.3 Å². The molecule has 3 amide bonds.